The smallest absolute Gasteiger partial charge is 0.260 e. The number of halogens is 1. The second-order valence-corrected chi connectivity index (χ2v) is 4.22. The Kier molecular flexibility index (Phi) is 5.95. The fraction of sp³-hybridized carbons (Fsp3) is 0.462. The minimum absolute atomic E-state index is 0. The lowest BCUT2D eigenvalue weighted by atomic mass is 10.3. The molecule has 0 bridgehead atoms. The molecule has 1 unspecified atom stereocenters. The number of hydrogen-bond acceptors (Lipinski definition) is 3. The molecule has 1 aliphatic rings. The van der Waals surface area contributed by atoms with Gasteiger partial charge in [0.2, 0.25) is 0 Å². The zero-order valence-electron chi connectivity index (χ0n) is 10.5. The van der Waals surface area contributed by atoms with Crippen LogP contribution in [0.15, 0.2) is 30.3 Å². The van der Waals surface area contributed by atoms with Crippen molar-refractivity contribution >= 4 is 18.3 Å². The molecular formula is C13H19ClN2O2. The van der Waals surface area contributed by atoms with E-state index in [-0.39, 0.29) is 24.9 Å². The van der Waals surface area contributed by atoms with Crippen LogP contribution in [0.3, 0.4) is 0 Å². The zero-order chi connectivity index (χ0) is 12.1. The van der Waals surface area contributed by atoms with Crippen molar-refractivity contribution in [3.05, 3.63) is 30.3 Å². The van der Waals surface area contributed by atoms with Gasteiger partial charge in [0.15, 0.2) is 6.61 Å². The summed E-state index contributed by atoms with van der Waals surface area (Å²) in [7, 11) is 1.93. The number of para-hydroxylation sites is 1. The maximum Gasteiger partial charge on any atom is 0.260 e. The van der Waals surface area contributed by atoms with Crippen LogP contribution in [0.4, 0.5) is 0 Å². The van der Waals surface area contributed by atoms with Gasteiger partial charge in [-0.05, 0) is 25.6 Å². The molecule has 1 heterocycles. The van der Waals surface area contributed by atoms with E-state index in [0.29, 0.717) is 6.04 Å². The standard InChI is InChI=1S/C13H18N2O2.ClH/c1-14-11-7-8-15(9-11)13(16)10-17-12-5-3-2-4-6-12;/h2-6,11,14H,7-10H2,1H3;1H. The quantitative estimate of drug-likeness (QED) is 0.897. The number of amides is 1. The lowest BCUT2D eigenvalue weighted by Gasteiger charge is -2.16. The van der Waals surface area contributed by atoms with Gasteiger partial charge in [0.25, 0.3) is 5.91 Å². The van der Waals surface area contributed by atoms with Gasteiger partial charge in [-0.1, -0.05) is 18.2 Å². The van der Waals surface area contributed by atoms with Crippen LogP contribution in [0.25, 0.3) is 0 Å². The summed E-state index contributed by atoms with van der Waals surface area (Å²) in [5.74, 6) is 0.803. The van der Waals surface area contributed by atoms with Crippen LogP contribution in [-0.4, -0.2) is 43.6 Å². The first-order valence-electron chi connectivity index (χ1n) is 5.92. The van der Waals surface area contributed by atoms with Crippen molar-refractivity contribution in [3.8, 4) is 5.75 Å². The number of likely N-dealkylation sites (tertiary alicyclic amines) is 1. The van der Waals surface area contributed by atoms with Crippen LogP contribution in [0.2, 0.25) is 0 Å². The Bertz CT molecular complexity index is 373. The van der Waals surface area contributed by atoms with Crippen LogP contribution in [0.1, 0.15) is 6.42 Å². The van der Waals surface area contributed by atoms with Gasteiger partial charge in [0.1, 0.15) is 5.75 Å². The topological polar surface area (TPSA) is 41.6 Å². The van der Waals surface area contributed by atoms with Gasteiger partial charge in [-0.2, -0.15) is 0 Å². The molecule has 1 aromatic rings. The predicted molar refractivity (Wildman–Crippen MR) is 73.2 cm³/mol. The maximum absolute atomic E-state index is 11.9. The summed E-state index contributed by atoms with van der Waals surface area (Å²) in [6.07, 6.45) is 1.02. The summed E-state index contributed by atoms with van der Waals surface area (Å²) >= 11 is 0. The third-order valence-electron chi connectivity index (χ3n) is 3.05. The largest absolute Gasteiger partial charge is 0.484 e. The van der Waals surface area contributed by atoms with E-state index < -0.39 is 0 Å². The molecule has 0 saturated carbocycles. The Morgan fingerprint density at radius 1 is 1.44 bits per heavy atom. The summed E-state index contributed by atoms with van der Waals surface area (Å²) in [4.78, 5) is 13.7. The molecule has 0 aromatic heterocycles. The highest BCUT2D eigenvalue weighted by Crippen LogP contribution is 2.11. The van der Waals surface area contributed by atoms with E-state index >= 15 is 0 Å². The molecule has 100 valence electrons. The Morgan fingerprint density at radius 3 is 2.78 bits per heavy atom. The number of nitrogens with one attached hydrogen (secondary N) is 1. The predicted octanol–water partition coefficient (Wildman–Crippen LogP) is 1.31. The summed E-state index contributed by atoms with van der Waals surface area (Å²) in [6, 6.07) is 9.85. The van der Waals surface area contributed by atoms with Gasteiger partial charge in [-0.25, -0.2) is 0 Å². The number of nitrogens with zero attached hydrogens (tertiary/aromatic N) is 1. The Hall–Kier alpha value is -1.26. The average molecular weight is 271 g/mol. The number of carbonyl (C=O) groups excluding carboxylic acids is 1. The molecule has 0 aliphatic carbocycles. The third-order valence-corrected chi connectivity index (χ3v) is 3.05. The molecule has 0 radical (unpaired) electrons. The third kappa shape index (κ3) is 3.89. The highest BCUT2D eigenvalue weighted by Gasteiger charge is 2.24. The Labute approximate surface area is 114 Å². The number of carbonyl (C=O) groups is 1. The number of rotatable bonds is 4. The van der Waals surface area contributed by atoms with E-state index in [2.05, 4.69) is 5.32 Å². The van der Waals surface area contributed by atoms with E-state index in [1.807, 2.05) is 42.3 Å². The van der Waals surface area contributed by atoms with E-state index in [9.17, 15) is 4.79 Å². The number of benzene rings is 1. The SMILES string of the molecule is CNC1CCN(C(=O)COc2ccccc2)C1.Cl. The van der Waals surface area contributed by atoms with Crippen molar-refractivity contribution in [2.75, 3.05) is 26.7 Å². The molecule has 1 atom stereocenters. The molecule has 1 saturated heterocycles. The number of likely N-dealkylation sites (N-methyl/N-ethyl adjacent to an activating group) is 1. The van der Waals surface area contributed by atoms with Crippen molar-refractivity contribution < 1.29 is 9.53 Å². The van der Waals surface area contributed by atoms with Gasteiger partial charge < -0.3 is 15.0 Å². The molecule has 1 amide bonds. The van der Waals surface area contributed by atoms with Crippen molar-refractivity contribution in [2.45, 2.75) is 12.5 Å². The number of hydrogen-bond donors (Lipinski definition) is 1. The van der Waals surface area contributed by atoms with Crippen LogP contribution in [0, 0.1) is 0 Å². The fourth-order valence-corrected chi connectivity index (χ4v) is 1.98. The second kappa shape index (κ2) is 7.24. The lowest BCUT2D eigenvalue weighted by molar-refractivity contribution is -0.132. The van der Waals surface area contributed by atoms with E-state index in [1.54, 1.807) is 0 Å². The van der Waals surface area contributed by atoms with E-state index in [4.69, 9.17) is 4.74 Å². The monoisotopic (exact) mass is 270 g/mol. The first-order valence-corrected chi connectivity index (χ1v) is 5.92. The van der Waals surface area contributed by atoms with Crippen LogP contribution >= 0.6 is 12.4 Å². The van der Waals surface area contributed by atoms with Gasteiger partial charge >= 0.3 is 0 Å². The Balaban J connectivity index is 0.00000162. The molecule has 0 spiro atoms. The summed E-state index contributed by atoms with van der Waals surface area (Å²) in [6.45, 7) is 1.73. The molecule has 18 heavy (non-hydrogen) atoms. The first-order chi connectivity index (χ1) is 8.29. The maximum atomic E-state index is 11.9. The van der Waals surface area contributed by atoms with Crippen LogP contribution in [0.5, 0.6) is 5.75 Å². The van der Waals surface area contributed by atoms with Gasteiger partial charge in [-0.15, -0.1) is 12.4 Å². The van der Waals surface area contributed by atoms with Crippen molar-refractivity contribution in [3.63, 3.8) is 0 Å². The fourth-order valence-electron chi connectivity index (χ4n) is 1.98. The van der Waals surface area contributed by atoms with Crippen LogP contribution < -0.4 is 10.1 Å². The first kappa shape index (κ1) is 14.8. The van der Waals surface area contributed by atoms with Gasteiger partial charge in [0, 0.05) is 19.1 Å². The van der Waals surface area contributed by atoms with Gasteiger partial charge in [0.05, 0.1) is 0 Å². The van der Waals surface area contributed by atoms with E-state index in [1.165, 1.54) is 0 Å². The van der Waals surface area contributed by atoms with Crippen molar-refractivity contribution in [2.24, 2.45) is 0 Å². The second-order valence-electron chi connectivity index (χ2n) is 4.22. The number of ether oxygens (including phenoxy) is 1. The highest BCUT2D eigenvalue weighted by molar-refractivity contribution is 5.85. The normalized spacial score (nSPS) is 18.3. The molecule has 4 nitrogen and oxygen atoms in total. The van der Waals surface area contributed by atoms with Crippen molar-refractivity contribution in [1.29, 1.82) is 0 Å². The summed E-state index contributed by atoms with van der Waals surface area (Å²) in [5, 5.41) is 3.19. The molecule has 1 aromatic carbocycles. The molecule has 1 fully saturated rings. The van der Waals surface area contributed by atoms with Gasteiger partial charge in [-0.3, -0.25) is 4.79 Å². The Morgan fingerprint density at radius 2 is 2.17 bits per heavy atom. The summed E-state index contributed by atoms with van der Waals surface area (Å²) in [5.41, 5.74) is 0. The average Bonchev–Trinajstić information content (AvgIpc) is 2.86. The lowest BCUT2D eigenvalue weighted by Crippen LogP contribution is -2.36. The molecule has 5 heteroatoms. The van der Waals surface area contributed by atoms with Crippen LogP contribution in [-0.2, 0) is 4.79 Å². The zero-order valence-corrected chi connectivity index (χ0v) is 11.3. The highest BCUT2D eigenvalue weighted by atomic mass is 35.5. The molecule has 1 aliphatic heterocycles. The molecular weight excluding hydrogens is 252 g/mol. The minimum atomic E-state index is 0. The minimum Gasteiger partial charge on any atom is -0.484 e. The summed E-state index contributed by atoms with van der Waals surface area (Å²) < 4.78 is 5.44. The molecule has 1 N–H and O–H groups in total. The molecule has 2 rings (SSSR count). The van der Waals surface area contributed by atoms with E-state index in [0.717, 1.165) is 25.3 Å². The van der Waals surface area contributed by atoms with Crippen molar-refractivity contribution in [1.82, 2.24) is 10.2 Å².